The first-order chi connectivity index (χ1) is 7.50. The summed E-state index contributed by atoms with van der Waals surface area (Å²) in [5, 5.41) is 10.7. The molecule has 3 heteroatoms. The summed E-state index contributed by atoms with van der Waals surface area (Å²) in [7, 11) is 0. The van der Waals surface area contributed by atoms with Crippen LogP contribution in [0.15, 0.2) is 22.7 Å². The molecular weight excluding hydrogens is 287 g/mol. The Bertz CT molecular complexity index is 339. The summed E-state index contributed by atoms with van der Waals surface area (Å²) in [4.78, 5) is 0. The smallest absolute Gasteiger partial charge is 0.0801 e. The molecule has 1 unspecified atom stereocenters. The molecule has 1 nitrogen and oxygen atoms in total. The van der Waals surface area contributed by atoms with Crippen molar-refractivity contribution in [3.63, 3.8) is 0 Å². The fourth-order valence-corrected chi connectivity index (χ4v) is 2.34. The lowest BCUT2D eigenvalue weighted by atomic mass is 10.0. The fourth-order valence-electron chi connectivity index (χ4n) is 1.64. The lowest BCUT2D eigenvalue weighted by molar-refractivity contribution is 0.161. The van der Waals surface area contributed by atoms with Gasteiger partial charge in [-0.3, -0.25) is 0 Å². The molecule has 0 heterocycles. The third-order valence-corrected chi connectivity index (χ3v) is 3.53. The molecule has 0 aliphatic rings. The van der Waals surface area contributed by atoms with Crippen molar-refractivity contribution in [3.05, 3.63) is 33.3 Å². The summed E-state index contributed by atoms with van der Waals surface area (Å²) in [6.45, 7) is 4.39. The van der Waals surface area contributed by atoms with E-state index in [1.165, 1.54) is 0 Å². The molecule has 1 aromatic rings. The van der Waals surface area contributed by atoms with Crippen molar-refractivity contribution < 1.29 is 5.11 Å². The zero-order valence-corrected chi connectivity index (χ0v) is 12.1. The van der Waals surface area contributed by atoms with Gasteiger partial charge in [0.25, 0.3) is 0 Å². The first-order valence-electron chi connectivity index (χ1n) is 5.63. The summed E-state index contributed by atoms with van der Waals surface area (Å²) < 4.78 is 0.925. The second kappa shape index (κ2) is 6.63. The van der Waals surface area contributed by atoms with Gasteiger partial charge in [0.2, 0.25) is 0 Å². The average Bonchev–Trinajstić information content (AvgIpc) is 2.21. The van der Waals surface area contributed by atoms with Crippen molar-refractivity contribution in [1.29, 1.82) is 0 Å². The van der Waals surface area contributed by atoms with Crippen LogP contribution >= 0.6 is 27.5 Å². The molecular formula is C13H18BrClO. The summed E-state index contributed by atoms with van der Waals surface area (Å²) >= 11 is 9.35. The van der Waals surface area contributed by atoms with Gasteiger partial charge in [-0.15, -0.1) is 0 Å². The highest BCUT2D eigenvalue weighted by Gasteiger charge is 2.11. The first kappa shape index (κ1) is 14.0. The normalized spacial score (nSPS) is 13.1. The fraction of sp³-hybridized carbons (Fsp3) is 0.538. The molecule has 0 radical (unpaired) electrons. The number of rotatable bonds is 5. The van der Waals surface area contributed by atoms with Crippen molar-refractivity contribution in [1.82, 2.24) is 0 Å². The van der Waals surface area contributed by atoms with Gasteiger partial charge in [-0.05, 0) is 36.1 Å². The maximum absolute atomic E-state index is 10.1. The van der Waals surface area contributed by atoms with E-state index >= 15 is 0 Å². The van der Waals surface area contributed by atoms with E-state index in [2.05, 4.69) is 29.8 Å². The van der Waals surface area contributed by atoms with Crippen molar-refractivity contribution in [3.8, 4) is 0 Å². The molecule has 0 aromatic heterocycles. The number of hydrogen-bond acceptors (Lipinski definition) is 1. The Morgan fingerprint density at radius 2 is 2.00 bits per heavy atom. The predicted molar refractivity (Wildman–Crippen MR) is 72.8 cm³/mol. The van der Waals surface area contributed by atoms with Crippen LogP contribution < -0.4 is 0 Å². The van der Waals surface area contributed by atoms with Gasteiger partial charge in [0.05, 0.1) is 6.10 Å². The van der Waals surface area contributed by atoms with Crippen LogP contribution in [0.5, 0.6) is 0 Å². The van der Waals surface area contributed by atoms with Gasteiger partial charge in [-0.2, -0.15) is 0 Å². The summed E-state index contributed by atoms with van der Waals surface area (Å²) in [5.74, 6) is 0.690. The number of aliphatic hydroxyl groups is 1. The molecule has 0 bridgehead atoms. The van der Waals surface area contributed by atoms with Crippen LogP contribution in [0.3, 0.4) is 0 Å². The minimum absolute atomic E-state index is 0.424. The van der Waals surface area contributed by atoms with Crippen LogP contribution in [0.1, 0.15) is 44.8 Å². The molecule has 0 saturated heterocycles. The second-order valence-corrected chi connectivity index (χ2v) is 5.80. The van der Waals surface area contributed by atoms with Crippen molar-refractivity contribution in [2.45, 2.75) is 39.2 Å². The van der Waals surface area contributed by atoms with E-state index < -0.39 is 6.10 Å². The zero-order valence-electron chi connectivity index (χ0n) is 9.71. The van der Waals surface area contributed by atoms with E-state index in [1.54, 1.807) is 0 Å². The third-order valence-electron chi connectivity index (χ3n) is 2.58. The number of benzene rings is 1. The van der Waals surface area contributed by atoms with E-state index in [4.69, 9.17) is 11.6 Å². The number of hydrogen-bond donors (Lipinski definition) is 1. The third kappa shape index (κ3) is 4.44. The molecule has 1 rings (SSSR count). The van der Waals surface area contributed by atoms with Crippen molar-refractivity contribution in [2.75, 3.05) is 0 Å². The molecule has 0 amide bonds. The van der Waals surface area contributed by atoms with Crippen LogP contribution in [0.25, 0.3) is 0 Å². The molecule has 90 valence electrons. The van der Waals surface area contributed by atoms with Gasteiger partial charge in [-0.25, -0.2) is 0 Å². The molecule has 0 saturated carbocycles. The summed E-state index contributed by atoms with van der Waals surface area (Å²) in [5.41, 5.74) is 0.885. The van der Waals surface area contributed by atoms with Crippen molar-refractivity contribution >= 4 is 27.5 Å². The van der Waals surface area contributed by atoms with Gasteiger partial charge >= 0.3 is 0 Å². The minimum atomic E-state index is -0.424. The van der Waals surface area contributed by atoms with E-state index in [0.717, 1.165) is 29.3 Å². The Balaban J connectivity index is 2.58. The largest absolute Gasteiger partial charge is 0.388 e. The zero-order chi connectivity index (χ0) is 12.1. The minimum Gasteiger partial charge on any atom is -0.388 e. The lowest BCUT2D eigenvalue weighted by Gasteiger charge is -2.13. The highest BCUT2D eigenvalue weighted by Crippen LogP contribution is 2.29. The van der Waals surface area contributed by atoms with Gasteiger partial charge in [0, 0.05) is 9.50 Å². The van der Waals surface area contributed by atoms with Crippen molar-refractivity contribution in [2.24, 2.45) is 5.92 Å². The molecule has 0 aliphatic heterocycles. The maximum atomic E-state index is 10.1. The Kier molecular flexibility index (Phi) is 5.81. The van der Waals surface area contributed by atoms with E-state index in [0.29, 0.717) is 10.9 Å². The quantitative estimate of drug-likeness (QED) is 0.815. The van der Waals surface area contributed by atoms with E-state index in [-0.39, 0.29) is 0 Å². The van der Waals surface area contributed by atoms with Crippen LogP contribution in [0.4, 0.5) is 0 Å². The van der Waals surface area contributed by atoms with Crippen LogP contribution in [-0.4, -0.2) is 5.11 Å². The van der Waals surface area contributed by atoms with Crippen LogP contribution in [0.2, 0.25) is 5.02 Å². The highest BCUT2D eigenvalue weighted by molar-refractivity contribution is 9.10. The Morgan fingerprint density at radius 1 is 1.31 bits per heavy atom. The topological polar surface area (TPSA) is 20.2 Å². The first-order valence-corrected chi connectivity index (χ1v) is 6.81. The Labute approximate surface area is 111 Å². The van der Waals surface area contributed by atoms with Gasteiger partial charge in [0.1, 0.15) is 0 Å². The molecule has 1 atom stereocenters. The van der Waals surface area contributed by atoms with Crippen LogP contribution in [-0.2, 0) is 0 Å². The molecule has 0 spiro atoms. The predicted octanol–water partition coefficient (Wildman–Crippen LogP) is 4.96. The monoisotopic (exact) mass is 304 g/mol. The molecule has 16 heavy (non-hydrogen) atoms. The molecule has 1 aromatic carbocycles. The van der Waals surface area contributed by atoms with E-state index in [9.17, 15) is 5.11 Å². The summed E-state index contributed by atoms with van der Waals surface area (Å²) in [6.07, 6.45) is 2.55. The average molecular weight is 306 g/mol. The van der Waals surface area contributed by atoms with Gasteiger partial charge in [-0.1, -0.05) is 54.2 Å². The maximum Gasteiger partial charge on any atom is 0.0801 e. The Hall–Kier alpha value is -0.0500. The van der Waals surface area contributed by atoms with Gasteiger partial charge < -0.3 is 5.11 Å². The van der Waals surface area contributed by atoms with Gasteiger partial charge in [0.15, 0.2) is 0 Å². The Morgan fingerprint density at radius 3 is 2.62 bits per heavy atom. The molecule has 0 fully saturated rings. The highest BCUT2D eigenvalue weighted by atomic mass is 79.9. The standard InChI is InChI=1S/C13H18BrClO/c1-9(2)4-3-5-13(16)11-8-10(15)6-7-12(11)14/h6-9,13,16H,3-5H2,1-2H3. The lowest BCUT2D eigenvalue weighted by Crippen LogP contribution is -1.99. The number of halogens is 2. The van der Waals surface area contributed by atoms with Crippen LogP contribution in [0, 0.1) is 5.92 Å². The number of aliphatic hydroxyl groups excluding tert-OH is 1. The summed E-state index contributed by atoms with van der Waals surface area (Å²) in [6, 6.07) is 5.52. The SMILES string of the molecule is CC(C)CCCC(O)c1cc(Cl)ccc1Br. The molecule has 0 aliphatic carbocycles. The van der Waals surface area contributed by atoms with E-state index in [1.807, 2.05) is 18.2 Å². The second-order valence-electron chi connectivity index (χ2n) is 4.51. The molecule has 1 N–H and O–H groups in total.